The summed E-state index contributed by atoms with van der Waals surface area (Å²) < 4.78 is 49.6. The number of methoxy groups -OCH3 is 1. The minimum Gasteiger partial charge on any atom is -0.497 e. The highest BCUT2D eigenvalue weighted by Crippen LogP contribution is 2.38. The van der Waals surface area contributed by atoms with E-state index in [1.807, 2.05) is 6.07 Å². The van der Waals surface area contributed by atoms with E-state index in [2.05, 4.69) is 5.32 Å². The number of halogens is 4. The number of nitriles is 1. The fourth-order valence-electron chi connectivity index (χ4n) is 4.09. The first-order valence-electron chi connectivity index (χ1n) is 10.3. The van der Waals surface area contributed by atoms with Crippen molar-refractivity contribution in [1.82, 2.24) is 5.32 Å². The predicted molar refractivity (Wildman–Crippen MR) is 122 cm³/mol. The summed E-state index contributed by atoms with van der Waals surface area (Å²) in [5, 5.41) is 12.3. The number of carbonyl (C=O) groups is 2. The van der Waals surface area contributed by atoms with E-state index in [1.54, 1.807) is 0 Å². The van der Waals surface area contributed by atoms with Crippen LogP contribution in [0.2, 0.25) is 5.02 Å². The van der Waals surface area contributed by atoms with Crippen LogP contribution in [0.4, 0.5) is 18.9 Å². The number of hydrogen-bond acceptors (Lipinski definition) is 4. The molecule has 35 heavy (non-hydrogen) atoms. The Balaban J connectivity index is 1.80. The van der Waals surface area contributed by atoms with Crippen molar-refractivity contribution in [3.05, 3.63) is 93.8 Å². The van der Waals surface area contributed by atoms with Crippen molar-refractivity contribution in [3.63, 3.8) is 0 Å². The van der Waals surface area contributed by atoms with Crippen molar-refractivity contribution in [1.29, 1.82) is 5.26 Å². The fraction of sp³-hybridized carbons (Fsp3) is 0.160. The molecule has 0 bridgehead atoms. The van der Waals surface area contributed by atoms with E-state index in [0.717, 1.165) is 23.1 Å². The number of hydrogen-bond donors (Lipinski definition) is 1. The second-order valence-corrected chi connectivity index (χ2v) is 8.20. The Hall–Kier alpha value is -4.03. The Morgan fingerprint density at radius 1 is 1.11 bits per heavy atom. The highest BCUT2D eigenvalue weighted by molar-refractivity contribution is 6.30. The molecule has 0 aromatic heterocycles. The fourth-order valence-corrected chi connectivity index (χ4v) is 4.22. The number of nitrogens with zero attached hydrogens (tertiary/aromatic N) is 2. The molecule has 1 N–H and O–H groups in total. The lowest BCUT2D eigenvalue weighted by molar-refractivity contribution is -0.118. The summed E-state index contributed by atoms with van der Waals surface area (Å²) >= 11 is 5.85. The van der Waals surface area contributed by atoms with Gasteiger partial charge in [-0.3, -0.25) is 9.59 Å². The Kier molecular flexibility index (Phi) is 6.67. The van der Waals surface area contributed by atoms with Crippen LogP contribution in [0.3, 0.4) is 0 Å². The van der Waals surface area contributed by atoms with E-state index in [1.165, 1.54) is 43.5 Å². The van der Waals surface area contributed by atoms with Gasteiger partial charge in [-0.2, -0.15) is 5.26 Å². The van der Waals surface area contributed by atoms with Crippen LogP contribution in [0.5, 0.6) is 5.75 Å². The molecule has 0 saturated carbocycles. The van der Waals surface area contributed by atoms with Gasteiger partial charge in [0.05, 0.1) is 18.4 Å². The number of anilines is 1. The van der Waals surface area contributed by atoms with Crippen molar-refractivity contribution in [2.45, 2.75) is 12.0 Å². The quantitative estimate of drug-likeness (QED) is 0.557. The molecule has 178 valence electrons. The maximum absolute atomic E-state index is 15.0. The first-order chi connectivity index (χ1) is 16.7. The van der Waals surface area contributed by atoms with Crippen molar-refractivity contribution >= 4 is 29.1 Å². The molecular formula is C25H17ClF3N3O3. The van der Waals surface area contributed by atoms with E-state index >= 15 is 8.78 Å². The summed E-state index contributed by atoms with van der Waals surface area (Å²) in [6.45, 7) is -0.389. The molecule has 10 heteroatoms. The number of rotatable bonds is 5. The molecule has 1 heterocycles. The van der Waals surface area contributed by atoms with Gasteiger partial charge in [0.1, 0.15) is 35.3 Å². The molecule has 3 aromatic rings. The SMILES string of the molecule is COc1cc(F)c([C@@H]2CN(c3c(F)cccc3C#N)C(=O)C2NC(=O)c2ccc(Cl)cc2)c(F)c1. The third-order valence-corrected chi connectivity index (χ3v) is 5.99. The molecule has 1 saturated heterocycles. The van der Waals surface area contributed by atoms with Crippen molar-refractivity contribution in [2.24, 2.45) is 0 Å². The topological polar surface area (TPSA) is 82.4 Å². The Labute approximate surface area is 203 Å². The van der Waals surface area contributed by atoms with Gasteiger partial charge < -0.3 is 15.0 Å². The molecule has 1 aliphatic rings. The van der Waals surface area contributed by atoms with Crippen LogP contribution in [0.1, 0.15) is 27.4 Å². The predicted octanol–water partition coefficient (Wildman–Crippen LogP) is 4.57. The second kappa shape index (κ2) is 9.68. The third-order valence-electron chi connectivity index (χ3n) is 5.74. The van der Waals surface area contributed by atoms with Crippen molar-refractivity contribution in [2.75, 3.05) is 18.6 Å². The normalized spacial score (nSPS) is 17.3. The monoisotopic (exact) mass is 499 g/mol. The van der Waals surface area contributed by atoms with E-state index in [9.17, 15) is 19.2 Å². The van der Waals surface area contributed by atoms with Gasteiger partial charge in [0, 0.05) is 40.7 Å². The molecule has 1 unspecified atom stereocenters. The number of carbonyl (C=O) groups excluding carboxylic acids is 2. The smallest absolute Gasteiger partial charge is 0.251 e. The van der Waals surface area contributed by atoms with Crippen LogP contribution in [0.15, 0.2) is 54.6 Å². The highest BCUT2D eigenvalue weighted by atomic mass is 35.5. The second-order valence-electron chi connectivity index (χ2n) is 7.77. The van der Waals surface area contributed by atoms with Crippen molar-refractivity contribution in [3.8, 4) is 11.8 Å². The highest BCUT2D eigenvalue weighted by Gasteiger charge is 2.46. The minimum absolute atomic E-state index is 0.0763. The van der Waals surface area contributed by atoms with Gasteiger partial charge in [0.2, 0.25) is 5.91 Å². The standard InChI is InChI=1S/C25H17ClF3N3O3/c1-35-16-9-19(28)21(20(29)10-16)17-12-32(23-14(11-30)3-2-4-18(23)27)25(34)22(17)31-24(33)13-5-7-15(26)8-6-13/h2-10,17,22H,12H2,1H3,(H,31,33)/t17-,22?/m0/s1. The minimum atomic E-state index is -1.46. The van der Waals surface area contributed by atoms with E-state index in [0.29, 0.717) is 5.02 Å². The van der Waals surface area contributed by atoms with Crippen molar-refractivity contribution < 1.29 is 27.5 Å². The summed E-state index contributed by atoms with van der Waals surface area (Å²) in [5.74, 6) is -5.70. The van der Waals surface area contributed by atoms with Gasteiger partial charge in [-0.05, 0) is 36.4 Å². The molecule has 3 aromatic carbocycles. The average molecular weight is 500 g/mol. The molecule has 2 atom stereocenters. The average Bonchev–Trinajstić information content (AvgIpc) is 3.13. The summed E-state index contributed by atoms with van der Waals surface area (Å²) in [7, 11) is 1.24. The Bertz CT molecular complexity index is 1340. The van der Waals surface area contributed by atoms with Crippen LogP contribution < -0.4 is 15.0 Å². The molecule has 1 aliphatic heterocycles. The van der Waals surface area contributed by atoms with Gasteiger partial charge in [-0.15, -0.1) is 0 Å². The molecule has 1 fully saturated rings. The zero-order valence-electron chi connectivity index (χ0n) is 18.2. The van der Waals surface area contributed by atoms with E-state index in [-0.39, 0.29) is 29.1 Å². The van der Waals surface area contributed by atoms with Crippen LogP contribution in [0.25, 0.3) is 0 Å². The van der Waals surface area contributed by atoms with Crippen LogP contribution in [-0.4, -0.2) is 31.5 Å². The van der Waals surface area contributed by atoms with Gasteiger partial charge in [-0.25, -0.2) is 13.2 Å². The van der Waals surface area contributed by atoms with Gasteiger partial charge in [0.15, 0.2) is 0 Å². The maximum atomic E-state index is 15.0. The van der Waals surface area contributed by atoms with E-state index < -0.39 is 46.8 Å². The molecule has 0 spiro atoms. The number of benzene rings is 3. The van der Waals surface area contributed by atoms with Crippen LogP contribution in [0, 0.1) is 28.8 Å². The van der Waals surface area contributed by atoms with E-state index in [4.69, 9.17) is 16.3 Å². The first kappa shape index (κ1) is 24.1. The number of para-hydroxylation sites is 1. The van der Waals surface area contributed by atoms with Gasteiger partial charge in [0.25, 0.3) is 5.91 Å². The molecule has 6 nitrogen and oxygen atoms in total. The maximum Gasteiger partial charge on any atom is 0.251 e. The summed E-state index contributed by atoms with van der Waals surface area (Å²) in [4.78, 5) is 27.2. The number of amides is 2. The Morgan fingerprint density at radius 2 is 1.77 bits per heavy atom. The lowest BCUT2D eigenvalue weighted by atomic mass is 9.92. The Morgan fingerprint density at radius 3 is 2.37 bits per heavy atom. The summed E-state index contributed by atoms with van der Waals surface area (Å²) in [6, 6.07) is 11.7. The molecule has 0 radical (unpaired) electrons. The van der Waals surface area contributed by atoms with Gasteiger partial charge in [-0.1, -0.05) is 17.7 Å². The van der Waals surface area contributed by atoms with Crippen LogP contribution in [-0.2, 0) is 4.79 Å². The van der Waals surface area contributed by atoms with Gasteiger partial charge >= 0.3 is 0 Å². The molecule has 4 rings (SSSR count). The summed E-state index contributed by atoms with van der Waals surface area (Å²) in [5.41, 5.74) is -0.795. The largest absolute Gasteiger partial charge is 0.497 e. The molecule has 0 aliphatic carbocycles. The first-order valence-corrected chi connectivity index (χ1v) is 10.7. The zero-order valence-corrected chi connectivity index (χ0v) is 18.9. The molecule has 2 amide bonds. The lowest BCUT2D eigenvalue weighted by Crippen LogP contribution is -2.44. The molecular weight excluding hydrogens is 483 g/mol. The zero-order chi connectivity index (χ0) is 25.3. The van der Waals surface area contributed by atoms with Crippen LogP contribution >= 0.6 is 11.6 Å². The third kappa shape index (κ3) is 4.53. The number of ether oxygens (including phenoxy) is 1. The lowest BCUT2D eigenvalue weighted by Gasteiger charge is -2.20. The number of nitrogens with one attached hydrogen (secondary N) is 1. The summed E-state index contributed by atoms with van der Waals surface area (Å²) in [6.07, 6.45) is 0.